The van der Waals surface area contributed by atoms with Crippen molar-refractivity contribution in [3.8, 4) is 6.07 Å². The Morgan fingerprint density at radius 2 is 2.24 bits per heavy atom. The number of anilines is 1. The molecule has 0 amide bonds. The standard InChI is InChI=1S/C11H9N5S/c12-5-7-6-14-16(10(7)13)11-15-8-3-1-2-4-9(8)17-11/h1-4,6-7,10H,13H2. The summed E-state index contributed by atoms with van der Waals surface area (Å²) in [6, 6.07) is 9.97. The first-order valence-corrected chi connectivity index (χ1v) is 5.95. The third kappa shape index (κ3) is 1.56. The minimum atomic E-state index is -0.444. The molecule has 0 spiro atoms. The van der Waals surface area contributed by atoms with Gasteiger partial charge in [-0.25, -0.2) is 9.99 Å². The lowest BCUT2D eigenvalue weighted by molar-refractivity contribution is 0.625. The number of benzene rings is 1. The molecule has 1 aliphatic rings. The molecule has 2 aromatic rings. The quantitative estimate of drug-likeness (QED) is 0.823. The van der Waals surface area contributed by atoms with E-state index in [1.807, 2.05) is 24.3 Å². The zero-order valence-electron chi connectivity index (χ0n) is 8.82. The van der Waals surface area contributed by atoms with E-state index in [1.54, 1.807) is 11.2 Å². The first kappa shape index (κ1) is 10.2. The summed E-state index contributed by atoms with van der Waals surface area (Å²) in [5, 5.41) is 15.4. The Balaban J connectivity index is 2.00. The molecule has 1 aromatic carbocycles. The van der Waals surface area contributed by atoms with Crippen LogP contribution in [0.4, 0.5) is 5.13 Å². The molecule has 84 valence electrons. The summed E-state index contributed by atoms with van der Waals surface area (Å²) in [5.41, 5.74) is 6.86. The van der Waals surface area contributed by atoms with Gasteiger partial charge in [-0.05, 0) is 12.1 Å². The van der Waals surface area contributed by atoms with Crippen LogP contribution in [-0.4, -0.2) is 17.4 Å². The number of para-hydroxylation sites is 1. The fourth-order valence-corrected chi connectivity index (χ4v) is 2.67. The highest BCUT2D eigenvalue weighted by molar-refractivity contribution is 7.22. The zero-order valence-corrected chi connectivity index (χ0v) is 9.63. The Hall–Kier alpha value is -1.97. The average Bonchev–Trinajstić information content (AvgIpc) is 2.91. The second-order valence-corrected chi connectivity index (χ2v) is 4.73. The molecule has 1 aromatic heterocycles. The molecule has 0 fully saturated rings. The highest BCUT2D eigenvalue weighted by Crippen LogP contribution is 2.31. The van der Waals surface area contributed by atoms with Gasteiger partial charge in [0.05, 0.1) is 16.3 Å². The number of thiazole rings is 1. The Morgan fingerprint density at radius 1 is 1.41 bits per heavy atom. The maximum Gasteiger partial charge on any atom is 0.208 e. The molecule has 0 radical (unpaired) electrons. The summed E-state index contributed by atoms with van der Waals surface area (Å²) < 4.78 is 1.09. The predicted molar refractivity (Wildman–Crippen MR) is 67.7 cm³/mol. The number of hydrogen-bond acceptors (Lipinski definition) is 6. The molecule has 0 saturated carbocycles. The van der Waals surface area contributed by atoms with Crippen LogP contribution < -0.4 is 10.7 Å². The molecule has 6 heteroatoms. The smallest absolute Gasteiger partial charge is 0.208 e. The van der Waals surface area contributed by atoms with Gasteiger partial charge in [-0.1, -0.05) is 23.5 Å². The molecule has 2 atom stereocenters. The van der Waals surface area contributed by atoms with Gasteiger partial charge in [0, 0.05) is 6.21 Å². The van der Waals surface area contributed by atoms with Crippen molar-refractivity contribution in [2.24, 2.45) is 16.8 Å². The van der Waals surface area contributed by atoms with E-state index < -0.39 is 6.17 Å². The Morgan fingerprint density at radius 3 is 2.94 bits per heavy atom. The van der Waals surface area contributed by atoms with Crippen LogP contribution in [0.3, 0.4) is 0 Å². The van der Waals surface area contributed by atoms with Gasteiger partial charge < -0.3 is 5.73 Å². The molecular formula is C11H9N5S. The summed E-state index contributed by atoms with van der Waals surface area (Å²) in [6.45, 7) is 0. The third-order valence-corrected chi connectivity index (χ3v) is 3.66. The Labute approximate surface area is 102 Å². The molecule has 0 saturated heterocycles. The third-order valence-electron chi connectivity index (χ3n) is 2.63. The number of aromatic nitrogens is 1. The van der Waals surface area contributed by atoms with Crippen molar-refractivity contribution in [2.45, 2.75) is 6.17 Å². The van der Waals surface area contributed by atoms with Gasteiger partial charge in [0.2, 0.25) is 5.13 Å². The van der Waals surface area contributed by atoms with E-state index in [1.165, 1.54) is 11.3 Å². The SMILES string of the molecule is N#CC1C=NN(c2nc3ccccc3s2)C1N. The number of nitrogens with zero attached hydrogens (tertiary/aromatic N) is 4. The average molecular weight is 243 g/mol. The summed E-state index contributed by atoms with van der Waals surface area (Å²) in [6.07, 6.45) is 1.12. The number of nitriles is 1. The number of nitrogens with two attached hydrogens (primary N) is 1. The summed E-state index contributed by atoms with van der Waals surface area (Å²) in [7, 11) is 0. The zero-order chi connectivity index (χ0) is 11.8. The van der Waals surface area contributed by atoms with E-state index in [2.05, 4.69) is 16.2 Å². The molecule has 5 nitrogen and oxygen atoms in total. The van der Waals surface area contributed by atoms with Gasteiger partial charge in [0.25, 0.3) is 0 Å². The van der Waals surface area contributed by atoms with Gasteiger partial charge in [0.15, 0.2) is 0 Å². The summed E-state index contributed by atoms with van der Waals surface area (Å²) in [5.74, 6) is -0.373. The van der Waals surface area contributed by atoms with Crippen LogP contribution in [0.5, 0.6) is 0 Å². The molecule has 1 aliphatic heterocycles. The first-order valence-electron chi connectivity index (χ1n) is 5.14. The van der Waals surface area contributed by atoms with E-state index in [-0.39, 0.29) is 5.92 Å². The van der Waals surface area contributed by atoms with Crippen LogP contribution in [0.1, 0.15) is 0 Å². The van der Waals surface area contributed by atoms with Gasteiger partial charge in [-0.2, -0.15) is 10.4 Å². The van der Waals surface area contributed by atoms with E-state index in [0.29, 0.717) is 0 Å². The molecule has 2 unspecified atom stereocenters. The van der Waals surface area contributed by atoms with Crippen LogP contribution in [0.25, 0.3) is 10.2 Å². The van der Waals surface area contributed by atoms with E-state index in [9.17, 15) is 0 Å². The van der Waals surface area contributed by atoms with Crippen LogP contribution >= 0.6 is 11.3 Å². The monoisotopic (exact) mass is 243 g/mol. The fraction of sp³-hybridized carbons (Fsp3) is 0.182. The second kappa shape index (κ2) is 3.80. The number of hydrazone groups is 1. The van der Waals surface area contributed by atoms with E-state index >= 15 is 0 Å². The topological polar surface area (TPSA) is 78.3 Å². The maximum absolute atomic E-state index is 8.88. The minimum Gasteiger partial charge on any atom is -0.308 e. The predicted octanol–water partition coefficient (Wildman–Crippen LogP) is 1.53. The van der Waals surface area contributed by atoms with Gasteiger partial charge in [0.1, 0.15) is 12.1 Å². The highest BCUT2D eigenvalue weighted by atomic mass is 32.1. The lowest BCUT2D eigenvalue weighted by Crippen LogP contribution is -2.39. The van der Waals surface area contributed by atoms with E-state index in [0.717, 1.165) is 15.3 Å². The molecule has 3 rings (SSSR count). The number of hydrogen-bond donors (Lipinski definition) is 1. The number of fused-ring (bicyclic) bond motifs is 1. The molecular weight excluding hydrogens is 234 g/mol. The largest absolute Gasteiger partial charge is 0.308 e. The molecule has 0 bridgehead atoms. The van der Waals surface area contributed by atoms with Gasteiger partial charge >= 0.3 is 0 Å². The Kier molecular flexibility index (Phi) is 2.28. The molecule has 17 heavy (non-hydrogen) atoms. The van der Waals surface area contributed by atoms with Crippen molar-refractivity contribution in [3.05, 3.63) is 24.3 Å². The van der Waals surface area contributed by atoms with Crippen LogP contribution in [0.15, 0.2) is 29.4 Å². The lowest BCUT2D eigenvalue weighted by Gasteiger charge is -2.17. The normalized spacial score (nSPS) is 23.2. The van der Waals surface area contributed by atoms with Crippen molar-refractivity contribution in [3.63, 3.8) is 0 Å². The minimum absolute atomic E-state index is 0.373. The molecule has 2 N–H and O–H groups in total. The summed E-state index contributed by atoms with van der Waals surface area (Å²) in [4.78, 5) is 4.46. The van der Waals surface area contributed by atoms with Crippen molar-refractivity contribution >= 4 is 32.9 Å². The van der Waals surface area contributed by atoms with E-state index in [4.69, 9.17) is 11.0 Å². The second-order valence-electron chi connectivity index (χ2n) is 3.72. The maximum atomic E-state index is 8.88. The van der Waals surface area contributed by atoms with Crippen molar-refractivity contribution < 1.29 is 0 Å². The van der Waals surface area contributed by atoms with Crippen LogP contribution in [0.2, 0.25) is 0 Å². The van der Waals surface area contributed by atoms with Gasteiger partial charge in [-0.15, -0.1) is 0 Å². The van der Waals surface area contributed by atoms with Crippen molar-refractivity contribution in [1.29, 1.82) is 5.26 Å². The highest BCUT2D eigenvalue weighted by Gasteiger charge is 2.30. The fourth-order valence-electron chi connectivity index (χ4n) is 1.71. The van der Waals surface area contributed by atoms with Crippen LogP contribution in [-0.2, 0) is 0 Å². The van der Waals surface area contributed by atoms with Crippen LogP contribution in [0, 0.1) is 17.2 Å². The molecule has 0 aliphatic carbocycles. The Bertz CT molecular complexity index is 593. The lowest BCUT2D eigenvalue weighted by atomic mass is 10.1. The van der Waals surface area contributed by atoms with Crippen molar-refractivity contribution in [2.75, 3.05) is 5.01 Å². The van der Waals surface area contributed by atoms with Crippen molar-refractivity contribution in [1.82, 2.24) is 4.98 Å². The summed E-state index contributed by atoms with van der Waals surface area (Å²) >= 11 is 1.52. The van der Waals surface area contributed by atoms with Gasteiger partial charge in [-0.3, -0.25) is 0 Å². The first-order chi connectivity index (χ1) is 8.29. The number of rotatable bonds is 1. The molecule has 2 heterocycles.